The molecule has 0 spiro atoms. The molecule has 6 heteroatoms. The number of rotatable bonds is 5. The standard InChI is InChI=1S/C10H15.C9H15O2Si.2ClH.Zr/c1-7-6-10(4,5)9(3)8(7)2;1-10-8-6-5-7-9(8)11-12(2,3)4;;;/h1-5H3;7H,5H2,1-4H3;2*1H;. The van der Waals surface area contributed by atoms with Crippen molar-refractivity contribution in [3.63, 3.8) is 0 Å². The molecule has 0 aromatic heterocycles. The van der Waals surface area contributed by atoms with Crippen LogP contribution in [-0.4, -0.2) is 15.4 Å². The normalized spacial score (nSPS) is 19.5. The molecule has 0 N–H and O–H groups in total. The van der Waals surface area contributed by atoms with E-state index >= 15 is 0 Å². The third-order valence-electron chi connectivity index (χ3n) is 4.95. The molecule has 0 fully saturated rings. The number of halogens is 2. The fourth-order valence-corrected chi connectivity index (χ4v) is 8.34. The van der Waals surface area contributed by atoms with Crippen molar-refractivity contribution in [2.45, 2.75) is 60.7 Å². The maximum Gasteiger partial charge on any atom is -0.147 e. The van der Waals surface area contributed by atoms with E-state index in [1.54, 1.807) is 10.4 Å². The van der Waals surface area contributed by atoms with Gasteiger partial charge in [0.05, 0.1) is 0 Å². The third kappa shape index (κ3) is 5.15. The van der Waals surface area contributed by atoms with Gasteiger partial charge in [0.2, 0.25) is 0 Å². The van der Waals surface area contributed by atoms with Gasteiger partial charge in [-0.2, -0.15) is 0 Å². The summed E-state index contributed by atoms with van der Waals surface area (Å²) in [5, 5.41) is 0. The van der Waals surface area contributed by atoms with Crippen molar-refractivity contribution in [1.82, 2.24) is 0 Å². The second kappa shape index (κ2) is 8.95. The molecular weight excluding hydrogens is 450 g/mol. The van der Waals surface area contributed by atoms with E-state index in [0.717, 1.165) is 17.9 Å². The molecule has 25 heavy (non-hydrogen) atoms. The minimum Gasteiger partial charge on any atom is -0.147 e. The van der Waals surface area contributed by atoms with Gasteiger partial charge in [-0.05, 0) is 0 Å². The molecule has 142 valence electrons. The maximum atomic E-state index is 6.24. The first-order chi connectivity index (χ1) is 10.5. The van der Waals surface area contributed by atoms with E-state index in [1.165, 1.54) is 20.0 Å². The largest absolute Gasteiger partial charge is 0.147 e. The molecule has 0 radical (unpaired) electrons. The van der Waals surface area contributed by atoms with Gasteiger partial charge in [0.25, 0.3) is 0 Å². The molecule has 0 atom stereocenters. The van der Waals surface area contributed by atoms with Crippen LogP contribution in [0.15, 0.2) is 40.9 Å². The van der Waals surface area contributed by atoms with Crippen molar-refractivity contribution in [2.75, 3.05) is 7.11 Å². The summed E-state index contributed by atoms with van der Waals surface area (Å²) < 4.78 is 15.2. The number of allylic oxidation sites excluding steroid dienone is 6. The Labute approximate surface area is 178 Å². The number of ether oxygens (including phenoxy) is 1. The molecule has 2 aliphatic rings. The molecule has 0 aliphatic heterocycles. The van der Waals surface area contributed by atoms with Gasteiger partial charge in [-0.15, -0.1) is 24.8 Å². The van der Waals surface area contributed by atoms with E-state index in [9.17, 15) is 0 Å². The molecule has 0 unspecified atom stereocenters. The number of hydrogen-bond donors (Lipinski definition) is 0. The topological polar surface area (TPSA) is 18.5 Å². The Morgan fingerprint density at radius 3 is 2.00 bits per heavy atom. The predicted octanol–water partition coefficient (Wildman–Crippen LogP) is 6.56. The molecule has 0 amide bonds. The third-order valence-corrected chi connectivity index (χ3v) is 10.7. The first-order valence-corrected chi connectivity index (χ1v) is 14.2. The van der Waals surface area contributed by atoms with Crippen LogP contribution >= 0.6 is 24.8 Å². The van der Waals surface area contributed by atoms with Crippen molar-refractivity contribution in [3.8, 4) is 0 Å². The van der Waals surface area contributed by atoms with E-state index in [-0.39, 0.29) is 30.2 Å². The summed E-state index contributed by atoms with van der Waals surface area (Å²) in [5.74, 6) is 2.04. The van der Waals surface area contributed by atoms with Crippen LogP contribution < -0.4 is 0 Å². The number of methoxy groups -OCH3 is 1. The first-order valence-electron chi connectivity index (χ1n) is 8.32. The van der Waals surface area contributed by atoms with Gasteiger partial charge in [-0.25, -0.2) is 0 Å². The Morgan fingerprint density at radius 2 is 1.60 bits per heavy atom. The molecule has 0 saturated carbocycles. The Kier molecular flexibility index (Phi) is 9.04. The van der Waals surface area contributed by atoms with Gasteiger partial charge in [0.1, 0.15) is 0 Å². The van der Waals surface area contributed by atoms with Crippen molar-refractivity contribution >= 4 is 33.1 Å². The molecule has 2 aliphatic carbocycles. The number of hydrogen-bond acceptors (Lipinski definition) is 2. The Hall–Kier alpha value is 0.240. The Bertz CT molecular complexity index is 653. The van der Waals surface area contributed by atoms with Crippen molar-refractivity contribution in [2.24, 2.45) is 5.41 Å². The molecule has 0 aromatic rings. The van der Waals surface area contributed by atoms with Crippen LogP contribution in [0, 0.1) is 5.41 Å². The minimum absolute atomic E-state index is 0. The fourth-order valence-electron chi connectivity index (χ4n) is 3.27. The SMILES string of the molecule is COC1=[C]([Zr][C]2=C(C)C(C)=C(C)C2(C)C)CC=C1O[Si](C)(C)C.Cl.Cl. The first kappa shape index (κ1) is 25.2. The molecule has 0 bridgehead atoms. The van der Waals surface area contributed by atoms with Crippen LogP contribution in [0.2, 0.25) is 19.6 Å². The summed E-state index contributed by atoms with van der Waals surface area (Å²) in [7, 11) is 0.187. The summed E-state index contributed by atoms with van der Waals surface area (Å²) in [6.07, 6.45) is 3.25. The van der Waals surface area contributed by atoms with Crippen LogP contribution in [0.4, 0.5) is 0 Å². The van der Waals surface area contributed by atoms with E-state index in [1.807, 2.05) is 0 Å². The molecule has 0 aromatic carbocycles. The van der Waals surface area contributed by atoms with E-state index < -0.39 is 31.6 Å². The van der Waals surface area contributed by atoms with E-state index in [0.29, 0.717) is 0 Å². The second-order valence-electron chi connectivity index (χ2n) is 8.00. The summed E-state index contributed by atoms with van der Waals surface area (Å²) in [6, 6.07) is 0. The summed E-state index contributed by atoms with van der Waals surface area (Å²) in [4.78, 5) is 0. The summed E-state index contributed by atoms with van der Waals surface area (Å²) in [6.45, 7) is 18.3. The van der Waals surface area contributed by atoms with Crippen molar-refractivity contribution < 1.29 is 32.4 Å². The molecule has 0 heterocycles. The van der Waals surface area contributed by atoms with Gasteiger partial charge < -0.3 is 0 Å². The van der Waals surface area contributed by atoms with Crippen LogP contribution in [0.25, 0.3) is 0 Å². The van der Waals surface area contributed by atoms with E-state index in [4.69, 9.17) is 9.16 Å². The van der Waals surface area contributed by atoms with Gasteiger partial charge in [-0.3, -0.25) is 0 Å². The Balaban J connectivity index is 0.00000288. The van der Waals surface area contributed by atoms with Crippen LogP contribution in [0.5, 0.6) is 0 Å². The van der Waals surface area contributed by atoms with Crippen molar-refractivity contribution in [3.05, 3.63) is 40.9 Å². The smallest absolute Gasteiger partial charge is 0.147 e. The van der Waals surface area contributed by atoms with Crippen LogP contribution in [0.3, 0.4) is 0 Å². The second-order valence-corrected chi connectivity index (χ2v) is 15.8. The molecular formula is C19H32Cl2O2SiZr. The van der Waals surface area contributed by atoms with Crippen LogP contribution in [0.1, 0.15) is 41.0 Å². The quantitative estimate of drug-likeness (QED) is 0.413. The maximum absolute atomic E-state index is 6.24. The molecule has 2 rings (SSSR count). The van der Waals surface area contributed by atoms with Gasteiger partial charge in [-0.1, -0.05) is 0 Å². The zero-order valence-electron chi connectivity index (χ0n) is 16.9. The molecule has 0 saturated heterocycles. The van der Waals surface area contributed by atoms with Gasteiger partial charge >= 0.3 is 155 Å². The summed E-state index contributed by atoms with van der Waals surface area (Å²) in [5.41, 5.74) is 4.78. The fraction of sp³-hybridized carbons (Fsp3) is 0.579. The Morgan fingerprint density at radius 1 is 1.04 bits per heavy atom. The summed E-state index contributed by atoms with van der Waals surface area (Å²) >= 11 is -0.854. The zero-order chi connectivity index (χ0) is 17.6. The zero-order valence-corrected chi connectivity index (χ0v) is 22.0. The van der Waals surface area contributed by atoms with Crippen LogP contribution in [-0.2, 0) is 32.4 Å². The monoisotopic (exact) mass is 480 g/mol. The average molecular weight is 483 g/mol. The van der Waals surface area contributed by atoms with Gasteiger partial charge in [0.15, 0.2) is 0 Å². The molecule has 2 nitrogen and oxygen atoms in total. The van der Waals surface area contributed by atoms with Crippen molar-refractivity contribution in [1.29, 1.82) is 0 Å². The average Bonchev–Trinajstić information content (AvgIpc) is 2.86. The minimum atomic E-state index is -1.60. The predicted molar refractivity (Wildman–Crippen MR) is 111 cm³/mol. The van der Waals surface area contributed by atoms with Gasteiger partial charge in [0, 0.05) is 0 Å². The van der Waals surface area contributed by atoms with E-state index in [2.05, 4.69) is 60.3 Å².